The van der Waals surface area contributed by atoms with Gasteiger partial charge in [0, 0.05) is 6.42 Å². The number of nitriles is 1. The maximum atomic E-state index is 12.5. The topological polar surface area (TPSA) is 50.1 Å². The summed E-state index contributed by atoms with van der Waals surface area (Å²) in [5.41, 5.74) is 0.988. The fourth-order valence-corrected chi connectivity index (χ4v) is 6.85. The number of thiocarbonyl (C=S) groups is 1. The third kappa shape index (κ3) is 4.71. The SMILES string of the molecule is CCSC(=S)SC(C)(C#N)CCC(=O)OCc1ccc2ccc3cccc4ccc1c2c34. The molecule has 4 rings (SSSR count). The van der Waals surface area contributed by atoms with Gasteiger partial charge in [-0.3, -0.25) is 4.79 Å². The number of hydrogen-bond acceptors (Lipinski definition) is 6. The Bertz CT molecular complexity index is 1330. The molecule has 32 heavy (non-hydrogen) atoms. The van der Waals surface area contributed by atoms with E-state index >= 15 is 0 Å². The van der Waals surface area contributed by atoms with Gasteiger partial charge in [0.05, 0.1) is 6.07 Å². The Morgan fingerprint density at radius 2 is 1.72 bits per heavy atom. The van der Waals surface area contributed by atoms with E-state index in [1.807, 2.05) is 19.9 Å². The zero-order valence-corrected chi connectivity index (χ0v) is 20.5. The molecule has 162 valence electrons. The molecule has 1 unspecified atom stereocenters. The van der Waals surface area contributed by atoms with Crippen LogP contribution in [0.2, 0.25) is 0 Å². The summed E-state index contributed by atoms with van der Waals surface area (Å²) in [5, 5.41) is 16.8. The second-order valence-corrected chi connectivity index (χ2v) is 11.8. The molecule has 0 amide bonds. The number of ether oxygens (including phenoxy) is 1. The van der Waals surface area contributed by atoms with E-state index in [9.17, 15) is 10.1 Å². The molecule has 0 saturated heterocycles. The van der Waals surface area contributed by atoms with E-state index in [0.29, 0.717) is 6.42 Å². The van der Waals surface area contributed by atoms with Gasteiger partial charge in [-0.15, -0.1) is 11.8 Å². The molecule has 4 aromatic rings. The van der Waals surface area contributed by atoms with Crippen LogP contribution < -0.4 is 0 Å². The average molecular weight is 478 g/mol. The summed E-state index contributed by atoms with van der Waals surface area (Å²) in [4.78, 5) is 12.5. The molecule has 0 aromatic heterocycles. The van der Waals surface area contributed by atoms with Crippen molar-refractivity contribution >= 4 is 77.6 Å². The quantitative estimate of drug-likeness (QED) is 0.156. The number of carbonyl (C=O) groups is 1. The number of carbonyl (C=O) groups excluding carboxylic acids is 1. The van der Waals surface area contributed by atoms with Crippen molar-refractivity contribution in [1.82, 2.24) is 0 Å². The number of hydrogen-bond donors (Lipinski definition) is 0. The minimum absolute atomic E-state index is 0.183. The molecule has 6 heteroatoms. The molecular weight excluding hydrogens is 454 g/mol. The van der Waals surface area contributed by atoms with Gasteiger partial charge in [-0.1, -0.05) is 85.5 Å². The van der Waals surface area contributed by atoms with Crippen molar-refractivity contribution in [2.75, 3.05) is 5.75 Å². The molecule has 0 saturated carbocycles. The monoisotopic (exact) mass is 477 g/mol. The Balaban J connectivity index is 1.48. The Kier molecular flexibility index (Phi) is 6.90. The maximum absolute atomic E-state index is 12.5. The summed E-state index contributed by atoms with van der Waals surface area (Å²) in [6.07, 6.45) is 0.582. The van der Waals surface area contributed by atoms with Crippen LogP contribution in [0, 0.1) is 11.3 Å². The fraction of sp³-hybridized carbons (Fsp3) is 0.269. The van der Waals surface area contributed by atoms with Gasteiger partial charge in [-0.25, -0.2) is 0 Å². The Hall–Kier alpha value is -2.33. The smallest absolute Gasteiger partial charge is 0.306 e. The number of esters is 1. The summed E-state index contributed by atoms with van der Waals surface area (Å²) in [6.45, 7) is 4.07. The molecule has 1 atom stereocenters. The van der Waals surface area contributed by atoms with Gasteiger partial charge in [-0.05, 0) is 57.0 Å². The van der Waals surface area contributed by atoms with Crippen molar-refractivity contribution in [3.8, 4) is 6.07 Å². The molecule has 0 spiro atoms. The third-order valence-corrected chi connectivity index (χ3v) is 8.27. The lowest BCUT2D eigenvalue weighted by molar-refractivity contribution is -0.145. The molecule has 4 aromatic carbocycles. The minimum atomic E-state index is -0.731. The van der Waals surface area contributed by atoms with Crippen molar-refractivity contribution in [2.45, 2.75) is 38.0 Å². The van der Waals surface area contributed by atoms with Crippen molar-refractivity contribution < 1.29 is 9.53 Å². The second-order valence-electron chi connectivity index (χ2n) is 7.87. The van der Waals surface area contributed by atoms with E-state index in [-0.39, 0.29) is 19.0 Å². The van der Waals surface area contributed by atoms with E-state index in [2.05, 4.69) is 54.6 Å². The Morgan fingerprint density at radius 1 is 1.06 bits per heavy atom. The van der Waals surface area contributed by atoms with Crippen LogP contribution in [0.15, 0.2) is 54.6 Å². The van der Waals surface area contributed by atoms with Crippen molar-refractivity contribution in [3.05, 3.63) is 60.2 Å². The predicted molar refractivity (Wildman–Crippen MR) is 142 cm³/mol. The lowest BCUT2D eigenvalue weighted by Crippen LogP contribution is -2.21. The molecule has 0 aliphatic rings. The minimum Gasteiger partial charge on any atom is -0.461 e. The summed E-state index contributed by atoms with van der Waals surface area (Å²) in [6, 6.07) is 21.3. The molecule has 0 aliphatic carbocycles. The lowest BCUT2D eigenvalue weighted by atomic mass is 9.92. The molecule has 0 aliphatic heterocycles. The highest BCUT2D eigenvalue weighted by Gasteiger charge is 2.28. The van der Waals surface area contributed by atoms with Crippen LogP contribution in [0.25, 0.3) is 32.3 Å². The van der Waals surface area contributed by atoms with Crippen LogP contribution in [0.5, 0.6) is 0 Å². The van der Waals surface area contributed by atoms with Crippen LogP contribution in [0.3, 0.4) is 0 Å². The number of nitrogens with zero attached hydrogens (tertiary/aromatic N) is 1. The zero-order chi connectivity index (χ0) is 22.7. The van der Waals surface area contributed by atoms with E-state index in [1.165, 1.54) is 38.7 Å². The standard InChI is InChI=1S/C26H23NO2S3/c1-3-31-25(30)32-26(2,16-27)14-13-22(28)29-15-20-10-9-19-8-7-17-5-4-6-18-11-12-21(20)24(19)23(17)18/h4-12H,3,13-15H2,1-2H3. The van der Waals surface area contributed by atoms with Gasteiger partial charge >= 0.3 is 5.97 Å². The van der Waals surface area contributed by atoms with E-state index in [4.69, 9.17) is 17.0 Å². The van der Waals surface area contributed by atoms with Gasteiger partial charge < -0.3 is 4.74 Å². The fourth-order valence-electron chi connectivity index (χ4n) is 3.95. The first-order chi connectivity index (χ1) is 15.4. The average Bonchev–Trinajstić information content (AvgIpc) is 2.80. The normalized spacial score (nSPS) is 13.3. The maximum Gasteiger partial charge on any atom is 0.306 e. The van der Waals surface area contributed by atoms with Crippen molar-refractivity contribution in [2.24, 2.45) is 0 Å². The van der Waals surface area contributed by atoms with Crippen LogP contribution in [-0.2, 0) is 16.1 Å². The second kappa shape index (κ2) is 9.66. The highest BCUT2D eigenvalue weighted by atomic mass is 32.2. The van der Waals surface area contributed by atoms with E-state index in [0.717, 1.165) is 20.2 Å². The van der Waals surface area contributed by atoms with Gasteiger partial charge in [-0.2, -0.15) is 5.26 Å². The van der Waals surface area contributed by atoms with Gasteiger partial charge in [0.2, 0.25) is 0 Å². The van der Waals surface area contributed by atoms with E-state index in [1.54, 1.807) is 11.8 Å². The predicted octanol–water partition coefficient (Wildman–Crippen LogP) is 7.46. The van der Waals surface area contributed by atoms with Crippen LogP contribution >= 0.6 is 35.7 Å². The summed E-state index contributed by atoms with van der Waals surface area (Å²) < 4.78 is 5.62. The molecule has 0 radical (unpaired) electrons. The summed E-state index contributed by atoms with van der Waals surface area (Å²) >= 11 is 8.22. The first-order valence-corrected chi connectivity index (χ1v) is 12.7. The van der Waals surface area contributed by atoms with Crippen LogP contribution in [0.1, 0.15) is 32.3 Å². The molecule has 0 fully saturated rings. The summed E-state index contributed by atoms with van der Waals surface area (Å²) in [7, 11) is 0. The highest BCUT2D eigenvalue weighted by molar-refractivity contribution is 8.47. The number of benzene rings is 4. The first kappa shape index (κ1) is 22.8. The number of thioether (sulfide) groups is 2. The zero-order valence-electron chi connectivity index (χ0n) is 18.0. The number of rotatable bonds is 7. The Labute approximate surface area is 201 Å². The Morgan fingerprint density at radius 3 is 2.41 bits per heavy atom. The summed E-state index contributed by atoms with van der Waals surface area (Å²) in [5.74, 6) is 0.571. The lowest BCUT2D eigenvalue weighted by Gasteiger charge is -2.20. The van der Waals surface area contributed by atoms with Crippen LogP contribution in [-0.4, -0.2) is 20.0 Å². The van der Waals surface area contributed by atoms with Gasteiger partial charge in [0.1, 0.15) is 14.9 Å². The van der Waals surface area contributed by atoms with Crippen molar-refractivity contribution in [1.29, 1.82) is 5.26 Å². The molecule has 3 nitrogen and oxygen atoms in total. The third-order valence-electron chi connectivity index (χ3n) is 5.62. The first-order valence-electron chi connectivity index (χ1n) is 10.5. The van der Waals surface area contributed by atoms with Crippen LogP contribution in [0.4, 0.5) is 0 Å². The molecular formula is C26H23NO2S3. The molecule has 0 heterocycles. The van der Waals surface area contributed by atoms with E-state index < -0.39 is 4.75 Å². The van der Waals surface area contributed by atoms with Gasteiger partial charge in [0.25, 0.3) is 0 Å². The largest absolute Gasteiger partial charge is 0.461 e. The highest BCUT2D eigenvalue weighted by Crippen LogP contribution is 2.37. The molecule has 0 bridgehead atoms. The van der Waals surface area contributed by atoms with Gasteiger partial charge in [0.15, 0.2) is 0 Å². The van der Waals surface area contributed by atoms with Crippen molar-refractivity contribution in [3.63, 3.8) is 0 Å². The molecule has 0 N–H and O–H groups in total.